The predicted octanol–water partition coefficient (Wildman–Crippen LogP) is 4.14. The van der Waals surface area contributed by atoms with Gasteiger partial charge in [-0.25, -0.2) is 4.79 Å². The third kappa shape index (κ3) is 4.59. The van der Waals surface area contributed by atoms with Gasteiger partial charge in [0.2, 0.25) is 0 Å². The summed E-state index contributed by atoms with van der Waals surface area (Å²) in [6, 6.07) is 6.76. The van der Waals surface area contributed by atoms with Gasteiger partial charge in [-0.2, -0.15) is 0 Å². The van der Waals surface area contributed by atoms with Crippen LogP contribution in [0, 0.1) is 5.92 Å². The van der Waals surface area contributed by atoms with Crippen LogP contribution >= 0.6 is 0 Å². The predicted molar refractivity (Wildman–Crippen MR) is 121 cm³/mol. The number of carbonyl (C=O) groups excluding carboxylic acids is 1. The lowest BCUT2D eigenvalue weighted by atomic mass is 9.84. The summed E-state index contributed by atoms with van der Waals surface area (Å²) in [7, 11) is 3.60. The van der Waals surface area contributed by atoms with Crippen molar-refractivity contribution in [2.75, 3.05) is 33.8 Å². The number of para-hydroxylation sites is 1. The van der Waals surface area contributed by atoms with Gasteiger partial charge in [-0.05, 0) is 69.5 Å². The van der Waals surface area contributed by atoms with Crippen molar-refractivity contribution in [1.29, 1.82) is 0 Å². The fraction of sp³-hybridized carbons (Fsp3) is 0.625. The van der Waals surface area contributed by atoms with E-state index in [2.05, 4.69) is 33.4 Å². The Morgan fingerprint density at radius 1 is 1.27 bits per heavy atom. The molecule has 0 radical (unpaired) electrons. The highest BCUT2D eigenvalue weighted by Crippen LogP contribution is 2.33. The zero-order valence-electron chi connectivity index (χ0n) is 18.7. The second-order valence-corrected chi connectivity index (χ2v) is 9.07. The molecule has 1 aromatic carbocycles. The molecule has 164 valence electrons. The highest BCUT2D eigenvalue weighted by molar-refractivity contribution is 5.89. The molecule has 0 atom stereocenters. The molecule has 0 spiro atoms. The number of ether oxygens (including phenoxy) is 1. The fourth-order valence-electron chi connectivity index (χ4n) is 5.02. The van der Waals surface area contributed by atoms with Crippen molar-refractivity contribution in [2.45, 2.75) is 58.0 Å². The van der Waals surface area contributed by atoms with Crippen LogP contribution in [-0.4, -0.2) is 60.6 Å². The number of nitrogens with zero attached hydrogens (tertiary/aromatic N) is 2. The number of urea groups is 1. The van der Waals surface area contributed by atoms with Gasteiger partial charge >= 0.3 is 6.03 Å². The average Bonchev–Trinajstić information content (AvgIpc) is 3.12. The highest BCUT2D eigenvalue weighted by Gasteiger charge is 2.25. The Labute approximate surface area is 179 Å². The van der Waals surface area contributed by atoms with Crippen molar-refractivity contribution in [1.82, 2.24) is 20.1 Å². The quantitative estimate of drug-likeness (QED) is 0.749. The maximum absolute atomic E-state index is 11.8. The number of nitrogens with one attached hydrogen (secondary N) is 2. The van der Waals surface area contributed by atoms with Gasteiger partial charge in [-0.3, -0.25) is 4.90 Å². The monoisotopic (exact) mass is 412 g/mol. The summed E-state index contributed by atoms with van der Waals surface area (Å²) in [5, 5.41) is 4.47. The summed E-state index contributed by atoms with van der Waals surface area (Å²) in [6.07, 6.45) is 7.03. The number of fused-ring (bicyclic) bond motifs is 3. The van der Waals surface area contributed by atoms with E-state index in [1.54, 1.807) is 19.0 Å². The van der Waals surface area contributed by atoms with Crippen LogP contribution in [0.25, 0.3) is 10.9 Å². The molecule has 6 heteroatoms. The number of rotatable bonds is 6. The summed E-state index contributed by atoms with van der Waals surface area (Å²) in [6.45, 7) is 6.02. The van der Waals surface area contributed by atoms with Crippen molar-refractivity contribution in [3.05, 3.63) is 29.5 Å². The molecule has 2 N–H and O–H groups in total. The van der Waals surface area contributed by atoms with Crippen molar-refractivity contribution in [2.24, 2.45) is 5.92 Å². The SMILES string of the molecule is CCOc1cccc2c3c([nH]c12)CN(CC[C@H]1CC[C@H](NC(=O)N(C)C)CC1)CC3. The molecule has 0 bridgehead atoms. The average molecular weight is 413 g/mol. The number of amides is 2. The summed E-state index contributed by atoms with van der Waals surface area (Å²) in [5.41, 5.74) is 3.99. The lowest BCUT2D eigenvalue weighted by Crippen LogP contribution is -2.43. The lowest BCUT2D eigenvalue weighted by molar-refractivity contribution is 0.192. The topological polar surface area (TPSA) is 60.6 Å². The first-order chi connectivity index (χ1) is 14.5. The Morgan fingerprint density at radius 2 is 2.07 bits per heavy atom. The lowest BCUT2D eigenvalue weighted by Gasteiger charge is -2.32. The van der Waals surface area contributed by atoms with Gasteiger partial charge in [-0.1, -0.05) is 12.1 Å². The van der Waals surface area contributed by atoms with Gasteiger partial charge < -0.3 is 19.9 Å². The first-order valence-electron chi connectivity index (χ1n) is 11.5. The van der Waals surface area contributed by atoms with Crippen LogP contribution in [0.15, 0.2) is 18.2 Å². The molecule has 30 heavy (non-hydrogen) atoms. The largest absolute Gasteiger partial charge is 0.492 e. The molecule has 0 unspecified atom stereocenters. The van der Waals surface area contributed by atoms with Gasteiger partial charge in [-0.15, -0.1) is 0 Å². The van der Waals surface area contributed by atoms with E-state index in [-0.39, 0.29) is 6.03 Å². The van der Waals surface area contributed by atoms with Crippen LogP contribution in [0.2, 0.25) is 0 Å². The Balaban J connectivity index is 1.29. The zero-order chi connectivity index (χ0) is 21.1. The number of benzene rings is 1. The molecule has 1 aromatic heterocycles. The van der Waals surface area contributed by atoms with Gasteiger partial charge in [0, 0.05) is 44.3 Å². The Kier molecular flexibility index (Phi) is 6.52. The summed E-state index contributed by atoms with van der Waals surface area (Å²) in [5.74, 6) is 1.75. The Hall–Kier alpha value is -2.21. The second-order valence-electron chi connectivity index (χ2n) is 9.07. The highest BCUT2D eigenvalue weighted by atomic mass is 16.5. The minimum Gasteiger partial charge on any atom is -0.492 e. The van der Waals surface area contributed by atoms with E-state index in [1.165, 1.54) is 35.9 Å². The van der Waals surface area contributed by atoms with Crippen molar-refractivity contribution >= 4 is 16.9 Å². The van der Waals surface area contributed by atoms with Crippen LogP contribution in [0.4, 0.5) is 4.79 Å². The normalized spacial score (nSPS) is 22.0. The molecule has 4 rings (SSSR count). The summed E-state index contributed by atoms with van der Waals surface area (Å²) in [4.78, 5) is 19.7. The van der Waals surface area contributed by atoms with Gasteiger partial charge in [0.05, 0.1) is 12.1 Å². The number of aromatic amines is 1. The minimum atomic E-state index is 0.0356. The van der Waals surface area contributed by atoms with Gasteiger partial charge in [0.15, 0.2) is 0 Å². The number of aromatic nitrogens is 1. The molecule has 1 fully saturated rings. The second kappa shape index (κ2) is 9.29. The standard InChI is InChI=1S/C24H36N4O2/c1-4-30-22-7-5-6-20-19-13-15-28(16-21(19)26-23(20)22)14-12-17-8-10-18(11-9-17)25-24(29)27(2)3/h5-7,17-18,26H,4,8-16H2,1-3H3,(H,25,29)/t17-,18-. The zero-order valence-corrected chi connectivity index (χ0v) is 18.7. The molecule has 2 aromatic rings. The van der Waals surface area contributed by atoms with E-state index in [1.807, 2.05) is 6.92 Å². The van der Waals surface area contributed by atoms with Crippen LogP contribution in [0.5, 0.6) is 5.75 Å². The number of H-pyrrole nitrogens is 1. The van der Waals surface area contributed by atoms with E-state index in [0.717, 1.165) is 56.1 Å². The van der Waals surface area contributed by atoms with Crippen molar-refractivity contribution in [3.8, 4) is 5.75 Å². The molecule has 2 heterocycles. The molecule has 2 aliphatic rings. The van der Waals surface area contributed by atoms with Crippen LogP contribution in [0.3, 0.4) is 0 Å². The molecular formula is C24H36N4O2. The van der Waals surface area contributed by atoms with E-state index in [4.69, 9.17) is 4.74 Å². The molecule has 1 saturated carbocycles. The minimum absolute atomic E-state index is 0.0356. The Bertz CT molecular complexity index is 867. The van der Waals surface area contributed by atoms with Crippen LogP contribution in [0.1, 0.15) is 50.3 Å². The number of hydrogen-bond acceptors (Lipinski definition) is 3. The van der Waals surface area contributed by atoms with E-state index < -0.39 is 0 Å². The maximum Gasteiger partial charge on any atom is 0.317 e. The molecular weight excluding hydrogens is 376 g/mol. The fourth-order valence-corrected chi connectivity index (χ4v) is 5.02. The smallest absolute Gasteiger partial charge is 0.317 e. The van der Waals surface area contributed by atoms with E-state index >= 15 is 0 Å². The van der Waals surface area contributed by atoms with Crippen LogP contribution < -0.4 is 10.1 Å². The van der Waals surface area contributed by atoms with E-state index in [9.17, 15) is 4.79 Å². The van der Waals surface area contributed by atoms with E-state index in [0.29, 0.717) is 12.6 Å². The molecule has 0 saturated heterocycles. The third-order valence-corrected chi connectivity index (χ3v) is 6.79. The van der Waals surface area contributed by atoms with Crippen molar-refractivity contribution < 1.29 is 9.53 Å². The maximum atomic E-state index is 11.8. The molecule has 6 nitrogen and oxygen atoms in total. The molecule has 2 amide bonds. The van der Waals surface area contributed by atoms with Crippen molar-refractivity contribution in [3.63, 3.8) is 0 Å². The van der Waals surface area contributed by atoms with Gasteiger partial charge in [0.1, 0.15) is 5.75 Å². The number of carbonyl (C=O) groups is 1. The summed E-state index contributed by atoms with van der Waals surface area (Å²) >= 11 is 0. The molecule has 1 aliphatic carbocycles. The summed E-state index contributed by atoms with van der Waals surface area (Å²) < 4.78 is 5.82. The molecule has 1 aliphatic heterocycles. The first-order valence-corrected chi connectivity index (χ1v) is 11.5. The number of hydrogen-bond donors (Lipinski definition) is 2. The third-order valence-electron chi connectivity index (χ3n) is 6.79. The van der Waals surface area contributed by atoms with Crippen LogP contribution in [-0.2, 0) is 13.0 Å². The first kappa shape index (κ1) is 21.0. The Morgan fingerprint density at radius 3 is 2.80 bits per heavy atom. The van der Waals surface area contributed by atoms with Gasteiger partial charge in [0.25, 0.3) is 0 Å².